The van der Waals surface area contributed by atoms with E-state index < -0.39 is 0 Å². The molecule has 0 heterocycles. The van der Waals surface area contributed by atoms with Gasteiger partial charge >= 0.3 is 0 Å². The normalized spacial score (nSPS) is 11.8. The molecule has 0 atom stereocenters. The van der Waals surface area contributed by atoms with E-state index in [0.29, 0.717) is 13.1 Å². The van der Waals surface area contributed by atoms with E-state index in [4.69, 9.17) is 10.2 Å². The Bertz CT molecular complexity index is 335. The molecule has 4 nitrogen and oxygen atoms in total. The Morgan fingerprint density at radius 3 is 1.06 bits per heavy atom. The highest BCUT2D eigenvalue weighted by atomic mass is 16.3. The van der Waals surface area contributed by atoms with E-state index >= 15 is 0 Å². The van der Waals surface area contributed by atoms with Gasteiger partial charge in [-0.3, -0.25) is 4.90 Å². The molecule has 0 aromatic rings. The molecule has 0 aliphatic rings. The van der Waals surface area contributed by atoms with E-state index in [9.17, 15) is 0 Å². The number of rotatable bonds is 27. The summed E-state index contributed by atoms with van der Waals surface area (Å²) in [6.07, 6.45) is 25.2. The largest absolute Gasteiger partial charge is 0.395 e. The highest BCUT2D eigenvalue weighted by Crippen LogP contribution is 2.14. The summed E-state index contributed by atoms with van der Waals surface area (Å²) < 4.78 is 0. The molecule has 0 saturated carbocycles. The summed E-state index contributed by atoms with van der Waals surface area (Å²) >= 11 is 0. The van der Waals surface area contributed by atoms with Gasteiger partial charge in [-0.15, -0.1) is 0 Å². The predicted molar refractivity (Wildman–Crippen MR) is 142 cm³/mol. The molecule has 0 rings (SSSR count). The average molecular weight is 457 g/mol. The summed E-state index contributed by atoms with van der Waals surface area (Å²) in [5, 5.41) is 18.3. The van der Waals surface area contributed by atoms with Crippen molar-refractivity contribution >= 4 is 0 Å². The molecule has 0 aliphatic carbocycles. The first-order valence-electron chi connectivity index (χ1n) is 14.4. The van der Waals surface area contributed by atoms with E-state index in [-0.39, 0.29) is 13.2 Å². The Balaban J connectivity index is 3.49. The van der Waals surface area contributed by atoms with Crippen LogP contribution >= 0.6 is 0 Å². The van der Waals surface area contributed by atoms with Crippen molar-refractivity contribution in [3.05, 3.63) is 0 Å². The van der Waals surface area contributed by atoms with Crippen LogP contribution in [0.2, 0.25) is 0 Å². The number of hydrogen-bond donors (Lipinski definition) is 2. The lowest BCUT2D eigenvalue weighted by atomic mass is 10.0. The number of aliphatic hydroxyl groups excluding tert-OH is 2. The van der Waals surface area contributed by atoms with E-state index in [1.807, 2.05) is 0 Å². The van der Waals surface area contributed by atoms with E-state index in [1.54, 1.807) is 0 Å². The Labute approximate surface area is 202 Å². The zero-order valence-electron chi connectivity index (χ0n) is 22.2. The number of unbranched alkanes of at least 4 members (excludes halogenated alkanes) is 15. The maximum Gasteiger partial charge on any atom is 0.0558 e. The molecular weight excluding hydrogens is 396 g/mol. The smallest absolute Gasteiger partial charge is 0.0558 e. The lowest BCUT2D eigenvalue weighted by Crippen LogP contribution is -2.34. The summed E-state index contributed by atoms with van der Waals surface area (Å²) in [5.41, 5.74) is 0. The van der Waals surface area contributed by atoms with Gasteiger partial charge in [-0.05, 0) is 45.4 Å². The fourth-order valence-electron chi connectivity index (χ4n) is 4.67. The van der Waals surface area contributed by atoms with Gasteiger partial charge in [-0.25, -0.2) is 0 Å². The average Bonchev–Trinajstić information content (AvgIpc) is 2.79. The van der Waals surface area contributed by atoms with Crippen molar-refractivity contribution in [2.24, 2.45) is 0 Å². The van der Waals surface area contributed by atoms with Gasteiger partial charge in [0, 0.05) is 13.1 Å². The monoisotopic (exact) mass is 456 g/mol. The zero-order valence-corrected chi connectivity index (χ0v) is 22.2. The molecule has 0 aromatic carbocycles. The molecule has 4 heteroatoms. The maximum atomic E-state index is 9.13. The predicted octanol–water partition coefficient (Wildman–Crippen LogP) is 6.64. The Hall–Kier alpha value is -0.160. The van der Waals surface area contributed by atoms with Crippen molar-refractivity contribution in [2.45, 2.75) is 129 Å². The molecule has 0 fully saturated rings. The van der Waals surface area contributed by atoms with Gasteiger partial charge in [0.2, 0.25) is 0 Å². The Morgan fingerprint density at radius 1 is 0.344 bits per heavy atom. The second-order valence-corrected chi connectivity index (χ2v) is 9.79. The van der Waals surface area contributed by atoms with Crippen molar-refractivity contribution in [3.63, 3.8) is 0 Å². The summed E-state index contributed by atoms with van der Waals surface area (Å²) in [6.45, 7) is 10.8. The zero-order chi connectivity index (χ0) is 23.5. The van der Waals surface area contributed by atoms with Crippen LogP contribution in [0.1, 0.15) is 129 Å². The highest BCUT2D eigenvalue weighted by molar-refractivity contribution is 4.62. The summed E-state index contributed by atoms with van der Waals surface area (Å²) in [4.78, 5) is 4.78. The van der Waals surface area contributed by atoms with Crippen LogP contribution in [0.25, 0.3) is 0 Å². The van der Waals surface area contributed by atoms with Crippen LogP contribution in [0.15, 0.2) is 0 Å². The van der Waals surface area contributed by atoms with Gasteiger partial charge in [-0.1, -0.05) is 110 Å². The van der Waals surface area contributed by atoms with Gasteiger partial charge < -0.3 is 15.1 Å². The van der Waals surface area contributed by atoms with E-state index in [1.165, 1.54) is 122 Å². The Kier molecular flexibility index (Phi) is 27.0. The molecule has 0 bridgehead atoms. The lowest BCUT2D eigenvalue weighted by molar-refractivity contribution is 0.152. The first-order valence-corrected chi connectivity index (χ1v) is 14.4. The third-order valence-electron chi connectivity index (χ3n) is 6.65. The molecule has 0 amide bonds. The van der Waals surface area contributed by atoms with Crippen LogP contribution in [-0.4, -0.2) is 72.5 Å². The van der Waals surface area contributed by atoms with Crippen molar-refractivity contribution in [1.29, 1.82) is 0 Å². The van der Waals surface area contributed by atoms with Crippen molar-refractivity contribution in [2.75, 3.05) is 52.5 Å². The summed E-state index contributed by atoms with van der Waals surface area (Å²) in [6, 6.07) is 0. The molecule has 0 radical (unpaired) electrons. The third-order valence-corrected chi connectivity index (χ3v) is 6.65. The van der Waals surface area contributed by atoms with Crippen molar-refractivity contribution in [3.8, 4) is 0 Å². The van der Waals surface area contributed by atoms with E-state index in [2.05, 4.69) is 23.6 Å². The second kappa shape index (κ2) is 27.1. The third kappa shape index (κ3) is 23.0. The molecule has 32 heavy (non-hydrogen) atoms. The van der Waals surface area contributed by atoms with Crippen molar-refractivity contribution < 1.29 is 10.2 Å². The SMILES string of the molecule is CCCCCCCCCCCCCCCCCCN(CCC)CCCN(CCO)CCO. The summed E-state index contributed by atoms with van der Waals surface area (Å²) in [7, 11) is 0. The first kappa shape index (κ1) is 31.8. The number of aliphatic hydroxyl groups is 2. The Morgan fingerprint density at radius 2 is 0.688 bits per heavy atom. The first-order chi connectivity index (χ1) is 15.8. The van der Waals surface area contributed by atoms with Gasteiger partial charge in [0.1, 0.15) is 0 Å². The molecular formula is C28H60N2O2. The molecule has 0 spiro atoms. The fourth-order valence-corrected chi connectivity index (χ4v) is 4.67. The minimum Gasteiger partial charge on any atom is -0.395 e. The maximum absolute atomic E-state index is 9.13. The quantitative estimate of drug-likeness (QED) is 0.136. The van der Waals surface area contributed by atoms with Crippen LogP contribution < -0.4 is 0 Å². The summed E-state index contributed by atoms with van der Waals surface area (Å²) in [5.74, 6) is 0. The molecule has 0 aliphatic heterocycles. The lowest BCUT2D eigenvalue weighted by Gasteiger charge is -2.25. The van der Waals surface area contributed by atoms with Crippen LogP contribution in [0.5, 0.6) is 0 Å². The molecule has 2 N–H and O–H groups in total. The van der Waals surface area contributed by atoms with Crippen LogP contribution in [0.4, 0.5) is 0 Å². The molecule has 0 unspecified atom stereocenters. The standard InChI is InChI=1S/C28H60N2O2/c1-3-5-6-7-8-9-10-11-12-13-14-15-16-17-18-19-22-29(21-4-2)23-20-24-30(25-27-31)26-28-32/h31-32H,3-28H2,1-2H3. The molecule has 194 valence electrons. The van der Waals surface area contributed by atoms with Crippen LogP contribution in [0, 0.1) is 0 Å². The van der Waals surface area contributed by atoms with Gasteiger partial charge in [0.05, 0.1) is 13.2 Å². The highest BCUT2D eigenvalue weighted by Gasteiger charge is 2.07. The fraction of sp³-hybridized carbons (Fsp3) is 1.00. The second-order valence-electron chi connectivity index (χ2n) is 9.79. The number of nitrogens with zero attached hydrogens (tertiary/aromatic N) is 2. The van der Waals surface area contributed by atoms with Crippen molar-refractivity contribution in [1.82, 2.24) is 9.80 Å². The van der Waals surface area contributed by atoms with Gasteiger partial charge in [0.15, 0.2) is 0 Å². The molecule has 0 aromatic heterocycles. The van der Waals surface area contributed by atoms with Gasteiger partial charge in [-0.2, -0.15) is 0 Å². The van der Waals surface area contributed by atoms with E-state index in [0.717, 1.165) is 19.5 Å². The van der Waals surface area contributed by atoms with Crippen LogP contribution in [-0.2, 0) is 0 Å². The minimum atomic E-state index is 0.178. The topological polar surface area (TPSA) is 46.9 Å². The van der Waals surface area contributed by atoms with Gasteiger partial charge in [0.25, 0.3) is 0 Å². The van der Waals surface area contributed by atoms with Crippen LogP contribution in [0.3, 0.4) is 0 Å². The molecule has 0 saturated heterocycles. The number of hydrogen-bond acceptors (Lipinski definition) is 4. The minimum absolute atomic E-state index is 0.178.